The molecule has 1 N–H and O–H groups in total. The summed E-state index contributed by atoms with van der Waals surface area (Å²) >= 11 is 0. The van der Waals surface area contributed by atoms with Crippen molar-refractivity contribution >= 4 is 5.71 Å². The van der Waals surface area contributed by atoms with E-state index in [4.69, 9.17) is 9.73 Å². The molecule has 4 nitrogen and oxygen atoms in total. The first-order valence-corrected chi connectivity index (χ1v) is 11.0. The van der Waals surface area contributed by atoms with Crippen LogP contribution < -0.4 is 0 Å². The number of nitrogens with zero attached hydrogens (tertiary/aromatic N) is 2. The second-order valence-electron chi connectivity index (χ2n) is 7.27. The number of unbranched alkanes of at least 4 members (excludes halogenated alkanes) is 3. The van der Waals surface area contributed by atoms with Crippen LogP contribution in [0.4, 0.5) is 0 Å². The molecule has 0 aliphatic heterocycles. The van der Waals surface area contributed by atoms with E-state index in [0.29, 0.717) is 5.71 Å². The first-order chi connectivity index (χ1) is 15.2. The minimum atomic E-state index is 0. The van der Waals surface area contributed by atoms with Crippen LogP contribution in [0.3, 0.4) is 0 Å². The summed E-state index contributed by atoms with van der Waals surface area (Å²) < 4.78 is 5.40. The molecule has 1 heterocycles. The SMILES string of the molecule is C.CCCCC#C/C(=N\O)c1ccccc1.CCCCc1onc(-c2ccccc2)c1C. The van der Waals surface area contributed by atoms with Crippen molar-refractivity contribution in [3.63, 3.8) is 0 Å². The Morgan fingerprint density at radius 3 is 2.19 bits per heavy atom. The third kappa shape index (κ3) is 8.43. The van der Waals surface area contributed by atoms with Gasteiger partial charge >= 0.3 is 0 Å². The molecule has 0 spiro atoms. The predicted octanol–water partition coefficient (Wildman–Crippen LogP) is 7.69. The third-order valence-electron chi connectivity index (χ3n) is 4.83. The van der Waals surface area contributed by atoms with E-state index in [0.717, 1.165) is 54.7 Å². The highest BCUT2D eigenvalue weighted by Crippen LogP contribution is 2.25. The van der Waals surface area contributed by atoms with Crippen LogP contribution >= 0.6 is 0 Å². The number of rotatable bonds is 7. The van der Waals surface area contributed by atoms with Gasteiger partial charge in [0, 0.05) is 29.5 Å². The topological polar surface area (TPSA) is 58.6 Å². The Morgan fingerprint density at radius 2 is 1.59 bits per heavy atom. The van der Waals surface area contributed by atoms with E-state index in [1.807, 2.05) is 48.5 Å². The maximum Gasteiger partial charge on any atom is 0.159 e. The molecular weight excluding hydrogens is 396 g/mol. The molecule has 32 heavy (non-hydrogen) atoms. The molecular formula is C28H36N2O2. The highest BCUT2D eigenvalue weighted by molar-refractivity contribution is 6.12. The smallest absolute Gasteiger partial charge is 0.159 e. The second kappa shape index (κ2) is 15.5. The highest BCUT2D eigenvalue weighted by atomic mass is 16.5. The van der Waals surface area contributed by atoms with Gasteiger partial charge in [-0.15, -0.1) is 0 Å². The van der Waals surface area contributed by atoms with Gasteiger partial charge in [0.1, 0.15) is 11.5 Å². The first kappa shape index (κ1) is 26.7. The molecule has 2 aromatic carbocycles. The summed E-state index contributed by atoms with van der Waals surface area (Å²) in [5.74, 6) is 6.89. The lowest BCUT2D eigenvalue weighted by atomic mass is 10.1. The minimum absolute atomic E-state index is 0. The summed E-state index contributed by atoms with van der Waals surface area (Å²) in [5, 5.41) is 16.2. The average Bonchev–Trinajstić information content (AvgIpc) is 3.19. The van der Waals surface area contributed by atoms with Crippen LogP contribution in [-0.2, 0) is 6.42 Å². The Kier molecular flexibility index (Phi) is 12.9. The third-order valence-corrected chi connectivity index (χ3v) is 4.83. The summed E-state index contributed by atoms with van der Waals surface area (Å²) in [6, 6.07) is 19.7. The minimum Gasteiger partial charge on any atom is -0.410 e. The maximum absolute atomic E-state index is 8.82. The Morgan fingerprint density at radius 1 is 0.969 bits per heavy atom. The monoisotopic (exact) mass is 432 g/mol. The van der Waals surface area contributed by atoms with Gasteiger partial charge in [-0.3, -0.25) is 0 Å². The van der Waals surface area contributed by atoms with E-state index in [9.17, 15) is 0 Å². The van der Waals surface area contributed by atoms with Crippen molar-refractivity contribution in [1.82, 2.24) is 5.16 Å². The molecule has 0 aliphatic rings. The number of hydrogen-bond acceptors (Lipinski definition) is 4. The van der Waals surface area contributed by atoms with Gasteiger partial charge in [0.2, 0.25) is 0 Å². The van der Waals surface area contributed by atoms with Gasteiger partial charge in [0.25, 0.3) is 0 Å². The van der Waals surface area contributed by atoms with Gasteiger partial charge in [0.05, 0.1) is 0 Å². The fourth-order valence-corrected chi connectivity index (χ4v) is 2.97. The zero-order valence-electron chi connectivity index (χ0n) is 18.8. The quantitative estimate of drug-likeness (QED) is 0.137. The van der Waals surface area contributed by atoms with Gasteiger partial charge in [0.15, 0.2) is 5.71 Å². The molecule has 3 aromatic rings. The standard InChI is InChI=1S/C14H17NO.C13H15NO.CH4/c1-3-4-10-13-11(2)14(15-16-13)12-8-6-5-7-9-12;1-2-3-4-8-11-13(14-15)12-9-6-5-7-10-12;/h5-9H,3-4,10H2,1-2H3;5-7,9-10,15H,2-4H2,1H3;1H4/b;14-13+;. The van der Waals surface area contributed by atoms with Crippen LogP contribution in [0.25, 0.3) is 11.3 Å². The Hall–Kier alpha value is -3.32. The second-order valence-corrected chi connectivity index (χ2v) is 7.27. The van der Waals surface area contributed by atoms with Crippen LogP contribution in [0.15, 0.2) is 70.3 Å². The van der Waals surface area contributed by atoms with Crippen LogP contribution in [0.1, 0.15) is 70.3 Å². The average molecular weight is 433 g/mol. The molecule has 3 rings (SSSR count). The fraction of sp³-hybridized carbons (Fsp3) is 0.357. The van der Waals surface area contributed by atoms with Crippen LogP contribution in [-0.4, -0.2) is 16.1 Å². The lowest BCUT2D eigenvalue weighted by molar-refractivity contribution is 0.320. The number of hydrogen-bond donors (Lipinski definition) is 1. The van der Waals surface area contributed by atoms with Crippen molar-refractivity contribution in [1.29, 1.82) is 0 Å². The van der Waals surface area contributed by atoms with Crippen molar-refractivity contribution in [2.45, 2.75) is 66.7 Å². The summed E-state index contributed by atoms with van der Waals surface area (Å²) in [7, 11) is 0. The maximum atomic E-state index is 8.82. The molecule has 1 aromatic heterocycles. The molecule has 0 saturated heterocycles. The van der Waals surface area contributed by atoms with Gasteiger partial charge in [-0.05, 0) is 25.7 Å². The number of benzene rings is 2. The molecule has 0 bridgehead atoms. The van der Waals surface area contributed by atoms with E-state index in [-0.39, 0.29) is 7.43 Å². The Balaban J connectivity index is 0.000000311. The van der Waals surface area contributed by atoms with Crippen LogP contribution in [0, 0.1) is 18.8 Å². The van der Waals surface area contributed by atoms with Gasteiger partial charge in [-0.25, -0.2) is 0 Å². The van der Waals surface area contributed by atoms with Crippen molar-refractivity contribution in [2.24, 2.45) is 5.16 Å². The van der Waals surface area contributed by atoms with E-state index < -0.39 is 0 Å². The number of aryl methyl sites for hydroxylation is 1. The molecule has 0 aliphatic carbocycles. The molecule has 0 unspecified atom stereocenters. The van der Waals surface area contributed by atoms with Crippen LogP contribution in [0.2, 0.25) is 0 Å². The first-order valence-electron chi connectivity index (χ1n) is 11.0. The van der Waals surface area contributed by atoms with Crippen molar-refractivity contribution in [3.8, 4) is 23.1 Å². The highest BCUT2D eigenvalue weighted by Gasteiger charge is 2.12. The number of oxime groups is 1. The van der Waals surface area contributed by atoms with Crippen LogP contribution in [0.5, 0.6) is 0 Å². The van der Waals surface area contributed by atoms with E-state index in [1.54, 1.807) is 0 Å². The zero-order chi connectivity index (χ0) is 22.3. The normalized spacial score (nSPS) is 10.3. The summed E-state index contributed by atoms with van der Waals surface area (Å²) in [6.07, 6.45) is 6.39. The molecule has 0 radical (unpaired) electrons. The van der Waals surface area contributed by atoms with Gasteiger partial charge in [-0.1, -0.05) is 111 Å². The molecule has 4 heteroatoms. The van der Waals surface area contributed by atoms with Gasteiger partial charge in [-0.2, -0.15) is 0 Å². The summed E-state index contributed by atoms with van der Waals surface area (Å²) in [6.45, 7) is 6.40. The largest absolute Gasteiger partial charge is 0.410 e. The Bertz CT molecular complexity index is 981. The van der Waals surface area contributed by atoms with E-state index in [2.05, 4.69) is 55.1 Å². The lowest BCUT2D eigenvalue weighted by Crippen LogP contribution is -1.96. The van der Waals surface area contributed by atoms with Crippen molar-refractivity contribution in [2.75, 3.05) is 0 Å². The fourth-order valence-electron chi connectivity index (χ4n) is 2.97. The van der Waals surface area contributed by atoms with E-state index in [1.165, 1.54) is 12.0 Å². The van der Waals surface area contributed by atoms with E-state index >= 15 is 0 Å². The summed E-state index contributed by atoms with van der Waals surface area (Å²) in [4.78, 5) is 0. The lowest BCUT2D eigenvalue weighted by Gasteiger charge is -1.97. The molecule has 0 atom stereocenters. The molecule has 170 valence electrons. The van der Waals surface area contributed by atoms with Crippen molar-refractivity contribution in [3.05, 3.63) is 77.6 Å². The summed E-state index contributed by atoms with van der Waals surface area (Å²) in [5.41, 5.74) is 4.58. The number of aromatic nitrogens is 1. The molecule has 0 saturated carbocycles. The molecule has 0 fully saturated rings. The Labute approximate surface area is 193 Å². The predicted molar refractivity (Wildman–Crippen MR) is 134 cm³/mol. The van der Waals surface area contributed by atoms with Crippen molar-refractivity contribution < 1.29 is 9.73 Å². The zero-order valence-corrected chi connectivity index (χ0v) is 18.8. The molecule has 0 amide bonds. The van der Waals surface area contributed by atoms with Gasteiger partial charge < -0.3 is 9.73 Å².